The largest absolute Gasteiger partial charge is 0.352 e. The summed E-state index contributed by atoms with van der Waals surface area (Å²) in [6.07, 6.45) is 3.37. The molecule has 1 aliphatic rings. The summed E-state index contributed by atoms with van der Waals surface area (Å²) in [7, 11) is 0. The van der Waals surface area contributed by atoms with Crippen molar-refractivity contribution in [2.24, 2.45) is 0 Å². The van der Waals surface area contributed by atoms with Gasteiger partial charge < -0.3 is 20.4 Å². The number of aromatic nitrogens is 3. The number of urea groups is 1. The molecule has 3 aromatic rings. The predicted octanol–water partition coefficient (Wildman–Crippen LogP) is 3.25. The quantitative estimate of drug-likeness (QED) is 0.686. The Morgan fingerprint density at radius 1 is 0.933 bits per heavy atom. The van der Waals surface area contributed by atoms with E-state index in [1.807, 2.05) is 29.2 Å². The summed E-state index contributed by atoms with van der Waals surface area (Å²) in [5.41, 5.74) is 0.816. The van der Waals surface area contributed by atoms with E-state index in [9.17, 15) is 13.6 Å². The number of nitrogens with zero attached hydrogens (tertiary/aromatic N) is 5. The van der Waals surface area contributed by atoms with Crippen molar-refractivity contribution in [3.05, 3.63) is 66.5 Å². The van der Waals surface area contributed by atoms with Crippen LogP contribution in [0.1, 0.15) is 0 Å². The van der Waals surface area contributed by atoms with E-state index >= 15 is 0 Å². The molecule has 1 saturated heterocycles. The molecule has 10 heteroatoms. The van der Waals surface area contributed by atoms with Crippen molar-refractivity contribution in [2.45, 2.75) is 0 Å². The third-order valence-electron chi connectivity index (χ3n) is 4.67. The van der Waals surface area contributed by atoms with Gasteiger partial charge in [0, 0.05) is 50.3 Å². The average molecular weight is 411 g/mol. The second-order valence-corrected chi connectivity index (χ2v) is 6.67. The van der Waals surface area contributed by atoms with Gasteiger partial charge in [-0.25, -0.2) is 13.6 Å². The van der Waals surface area contributed by atoms with Crippen LogP contribution in [-0.4, -0.2) is 52.3 Å². The molecule has 0 spiro atoms. The van der Waals surface area contributed by atoms with E-state index in [2.05, 4.69) is 25.8 Å². The number of hydrogen-bond acceptors (Lipinski definition) is 6. The SMILES string of the molecule is O=C(Nc1ccc(F)cc1F)N1CCN(c2ccc(Nc3ccncc3)nn2)CC1. The molecule has 0 saturated carbocycles. The van der Waals surface area contributed by atoms with E-state index in [0.717, 1.165) is 17.8 Å². The number of piperazine rings is 1. The van der Waals surface area contributed by atoms with E-state index in [-0.39, 0.29) is 5.69 Å². The lowest BCUT2D eigenvalue weighted by Gasteiger charge is -2.35. The Morgan fingerprint density at radius 2 is 1.70 bits per heavy atom. The normalized spacial score (nSPS) is 13.8. The molecule has 1 fully saturated rings. The van der Waals surface area contributed by atoms with Crippen molar-refractivity contribution >= 4 is 29.0 Å². The van der Waals surface area contributed by atoms with Crippen LogP contribution < -0.4 is 15.5 Å². The van der Waals surface area contributed by atoms with Crippen LogP contribution in [0.3, 0.4) is 0 Å². The number of halogens is 2. The molecule has 2 amide bonds. The molecule has 4 rings (SSSR count). The van der Waals surface area contributed by atoms with Gasteiger partial charge in [0.05, 0.1) is 5.69 Å². The zero-order valence-corrected chi connectivity index (χ0v) is 15.9. The second kappa shape index (κ2) is 8.68. The lowest BCUT2D eigenvalue weighted by atomic mass is 10.3. The number of rotatable bonds is 4. The molecule has 0 bridgehead atoms. The minimum atomic E-state index is -0.808. The fourth-order valence-electron chi connectivity index (χ4n) is 3.07. The zero-order valence-electron chi connectivity index (χ0n) is 15.9. The maximum Gasteiger partial charge on any atom is 0.322 e. The molecule has 154 valence electrons. The molecule has 0 unspecified atom stereocenters. The highest BCUT2D eigenvalue weighted by Gasteiger charge is 2.23. The summed E-state index contributed by atoms with van der Waals surface area (Å²) in [6.45, 7) is 2.00. The maximum absolute atomic E-state index is 13.7. The third-order valence-corrected chi connectivity index (χ3v) is 4.67. The van der Waals surface area contributed by atoms with E-state index in [1.165, 1.54) is 6.07 Å². The van der Waals surface area contributed by atoms with Crippen LogP contribution in [0.4, 0.5) is 36.6 Å². The summed E-state index contributed by atoms with van der Waals surface area (Å²) >= 11 is 0. The van der Waals surface area contributed by atoms with Crippen LogP contribution in [-0.2, 0) is 0 Å². The molecule has 0 radical (unpaired) electrons. The molecule has 1 aromatic carbocycles. The number of carbonyl (C=O) groups excluding carboxylic acids is 1. The van der Waals surface area contributed by atoms with Crippen molar-refractivity contribution < 1.29 is 13.6 Å². The monoisotopic (exact) mass is 411 g/mol. The molecule has 2 aromatic heterocycles. The van der Waals surface area contributed by atoms with Gasteiger partial charge in [-0.15, -0.1) is 10.2 Å². The van der Waals surface area contributed by atoms with Crippen LogP contribution in [0, 0.1) is 11.6 Å². The van der Waals surface area contributed by atoms with Crippen LogP contribution in [0.15, 0.2) is 54.9 Å². The molecule has 8 nitrogen and oxygen atoms in total. The van der Waals surface area contributed by atoms with Crippen LogP contribution >= 0.6 is 0 Å². The number of amides is 2. The fourth-order valence-corrected chi connectivity index (χ4v) is 3.07. The first-order chi connectivity index (χ1) is 14.6. The van der Waals surface area contributed by atoms with Crippen LogP contribution in [0.25, 0.3) is 0 Å². The van der Waals surface area contributed by atoms with Gasteiger partial charge in [-0.3, -0.25) is 4.98 Å². The van der Waals surface area contributed by atoms with Crippen molar-refractivity contribution in [1.29, 1.82) is 0 Å². The molecular weight excluding hydrogens is 392 g/mol. The lowest BCUT2D eigenvalue weighted by Crippen LogP contribution is -2.50. The maximum atomic E-state index is 13.7. The standard InChI is InChI=1S/C20H19F2N7O/c21-14-1-2-17(16(22)13-14)25-20(30)29-11-9-28(10-12-29)19-4-3-18(26-27-19)24-15-5-7-23-8-6-15/h1-8,13H,9-12H2,(H,25,30)(H,23,24,26). The smallest absolute Gasteiger partial charge is 0.322 e. The van der Waals surface area contributed by atoms with E-state index < -0.39 is 17.7 Å². The Bertz CT molecular complexity index is 1010. The van der Waals surface area contributed by atoms with Gasteiger partial charge in [-0.1, -0.05) is 0 Å². The Kier molecular flexibility index (Phi) is 5.64. The molecular formula is C20H19F2N7O. The van der Waals surface area contributed by atoms with Crippen LogP contribution in [0.2, 0.25) is 0 Å². The number of benzene rings is 1. The Hall–Kier alpha value is -3.82. The molecule has 2 N–H and O–H groups in total. The minimum Gasteiger partial charge on any atom is -0.352 e. The first-order valence-electron chi connectivity index (χ1n) is 9.35. The van der Waals surface area contributed by atoms with Gasteiger partial charge in [0.25, 0.3) is 0 Å². The molecule has 30 heavy (non-hydrogen) atoms. The number of pyridine rings is 1. The summed E-state index contributed by atoms with van der Waals surface area (Å²) < 4.78 is 26.7. The highest BCUT2D eigenvalue weighted by Crippen LogP contribution is 2.19. The van der Waals surface area contributed by atoms with Gasteiger partial charge in [0.1, 0.15) is 11.6 Å². The van der Waals surface area contributed by atoms with Gasteiger partial charge >= 0.3 is 6.03 Å². The number of anilines is 4. The molecule has 0 atom stereocenters. The van der Waals surface area contributed by atoms with Crippen molar-refractivity contribution in [3.63, 3.8) is 0 Å². The number of hydrogen-bond donors (Lipinski definition) is 2. The van der Waals surface area contributed by atoms with Gasteiger partial charge in [0.15, 0.2) is 11.6 Å². The summed E-state index contributed by atoms with van der Waals surface area (Å²) in [6, 6.07) is 9.97. The fraction of sp³-hybridized carbons (Fsp3) is 0.200. The Balaban J connectivity index is 1.31. The molecule has 3 heterocycles. The summed E-state index contributed by atoms with van der Waals surface area (Å²) in [4.78, 5) is 19.9. The molecule has 1 aliphatic heterocycles. The summed E-state index contributed by atoms with van der Waals surface area (Å²) in [5.74, 6) is -0.177. The van der Waals surface area contributed by atoms with E-state index in [0.29, 0.717) is 37.8 Å². The summed E-state index contributed by atoms with van der Waals surface area (Å²) in [5, 5.41) is 14.1. The topological polar surface area (TPSA) is 86.3 Å². The first kappa shape index (κ1) is 19.5. The average Bonchev–Trinajstić information content (AvgIpc) is 2.77. The van der Waals surface area contributed by atoms with Gasteiger partial charge in [0.2, 0.25) is 0 Å². The van der Waals surface area contributed by atoms with Crippen LogP contribution in [0.5, 0.6) is 0 Å². The number of nitrogens with one attached hydrogen (secondary N) is 2. The van der Waals surface area contributed by atoms with Crippen molar-refractivity contribution in [2.75, 3.05) is 41.7 Å². The minimum absolute atomic E-state index is 0.0491. The van der Waals surface area contributed by atoms with E-state index in [1.54, 1.807) is 17.3 Å². The zero-order chi connectivity index (χ0) is 20.9. The highest BCUT2D eigenvalue weighted by molar-refractivity contribution is 5.89. The molecule has 0 aliphatic carbocycles. The Morgan fingerprint density at radius 3 is 2.37 bits per heavy atom. The van der Waals surface area contributed by atoms with E-state index in [4.69, 9.17) is 0 Å². The Labute approximate surface area is 171 Å². The first-order valence-corrected chi connectivity index (χ1v) is 9.35. The third kappa shape index (κ3) is 4.59. The van der Waals surface area contributed by atoms with Gasteiger partial charge in [-0.05, 0) is 36.4 Å². The number of carbonyl (C=O) groups is 1. The lowest BCUT2D eigenvalue weighted by molar-refractivity contribution is 0.208. The van der Waals surface area contributed by atoms with Crippen molar-refractivity contribution in [1.82, 2.24) is 20.1 Å². The predicted molar refractivity (Wildman–Crippen MR) is 109 cm³/mol. The van der Waals surface area contributed by atoms with Gasteiger partial charge in [-0.2, -0.15) is 0 Å². The second-order valence-electron chi connectivity index (χ2n) is 6.67. The van der Waals surface area contributed by atoms with Crippen molar-refractivity contribution in [3.8, 4) is 0 Å². The highest BCUT2D eigenvalue weighted by atomic mass is 19.1.